The maximum absolute atomic E-state index is 8.91. The van der Waals surface area contributed by atoms with E-state index in [1.165, 1.54) is 17.6 Å². The van der Waals surface area contributed by atoms with Crippen molar-refractivity contribution in [2.75, 3.05) is 14.2 Å². The summed E-state index contributed by atoms with van der Waals surface area (Å²) in [5.41, 5.74) is 2.14. The quantitative estimate of drug-likeness (QED) is 0.457. The minimum atomic E-state index is 0.675. The van der Waals surface area contributed by atoms with Crippen molar-refractivity contribution in [1.29, 1.82) is 0 Å². The van der Waals surface area contributed by atoms with Crippen LogP contribution < -0.4 is 9.47 Å². The molecule has 2 aromatic heterocycles. The predicted octanol–water partition coefficient (Wildman–Crippen LogP) is 2.89. The molecule has 3 aromatic rings. The third-order valence-corrected chi connectivity index (χ3v) is 3.90. The van der Waals surface area contributed by atoms with Crippen LogP contribution in [0, 0.1) is 0 Å². The van der Waals surface area contributed by atoms with E-state index in [2.05, 4.69) is 10.1 Å². The first kappa shape index (κ1) is 13.4. The SMILES string of the molecule is COc1ccc(OC)c(-c2nc3sccn3c2/C=N/O)c1. The zero-order chi connectivity index (χ0) is 14.8. The normalized spacial score (nSPS) is 11.3. The van der Waals surface area contributed by atoms with Crippen molar-refractivity contribution in [2.24, 2.45) is 5.16 Å². The highest BCUT2D eigenvalue weighted by Gasteiger charge is 2.18. The molecule has 7 heteroatoms. The van der Waals surface area contributed by atoms with Crippen LogP contribution in [0.1, 0.15) is 5.69 Å². The third kappa shape index (κ3) is 2.21. The molecule has 21 heavy (non-hydrogen) atoms. The summed E-state index contributed by atoms with van der Waals surface area (Å²) in [6, 6.07) is 5.49. The van der Waals surface area contributed by atoms with E-state index in [1.807, 2.05) is 34.2 Å². The van der Waals surface area contributed by atoms with E-state index in [9.17, 15) is 0 Å². The first-order valence-corrected chi connectivity index (χ1v) is 7.02. The number of methoxy groups -OCH3 is 2. The molecule has 0 saturated carbocycles. The molecule has 0 aliphatic carbocycles. The molecular formula is C14H13N3O3S. The van der Waals surface area contributed by atoms with E-state index in [-0.39, 0.29) is 0 Å². The summed E-state index contributed by atoms with van der Waals surface area (Å²) in [6.45, 7) is 0. The zero-order valence-electron chi connectivity index (χ0n) is 11.5. The number of nitrogens with zero attached hydrogens (tertiary/aromatic N) is 3. The predicted molar refractivity (Wildman–Crippen MR) is 81.0 cm³/mol. The molecule has 0 aliphatic rings. The average molecular weight is 303 g/mol. The van der Waals surface area contributed by atoms with Crippen molar-refractivity contribution in [3.8, 4) is 22.8 Å². The fourth-order valence-corrected chi connectivity index (χ4v) is 2.90. The summed E-state index contributed by atoms with van der Waals surface area (Å²) >= 11 is 1.50. The number of aromatic nitrogens is 2. The molecule has 108 valence electrons. The fraction of sp³-hybridized carbons (Fsp3) is 0.143. The van der Waals surface area contributed by atoms with Gasteiger partial charge in [-0.1, -0.05) is 5.16 Å². The Balaban J connectivity index is 2.28. The molecule has 0 saturated heterocycles. The van der Waals surface area contributed by atoms with Crippen molar-refractivity contribution in [3.63, 3.8) is 0 Å². The van der Waals surface area contributed by atoms with Gasteiger partial charge in [-0.05, 0) is 18.2 Å². The Morgan fingerprint density at radius 3 is 2.90 bits per heavy atom. The van der Waals surface area contributed by atoms with Crippen LogP contribution in [0.3, 0.4) is 0 Å². The molecule has 0 aliphatic heterocycles. The first-order valence-electron chi connectivity index (χ1n) is 6.14. The Bertz CT molecular complexity index is 807. The van der Waals surface area contributed by atoms with Gasteiger partial charge in [-0.15, -0.1) is 11.3 Å². The smallest absolute Gasteiger partial charge is 0.194 e. The molecule has 3 rings (SSSR count). The van der Waals surface area contributed by atoms with Crippen LogP contribution in [0.2, 0.25) is 0 Å². The molecule has 2 heterocycles. The molecular weight excluding hydrogens is 290 g/mol. The highest BCUT2D eigenvalue weighted by Crippen LogP contribution is 2.35. The maximum Gasteiger partial charge on any atom is 0.194 e. The minimum Gasteiger partial charge on any atom is -0.497 e. The van der Waals surface area contributed by atoms with Crippen LogP contribution >= 0.6 is 11.3 Å². The average Bonchev–Trinajstić information content (AvgIpc) is 3.09. The zero-order valence-corrected chi connectivity index (χ0v) is 12.3. The van der Waals surface area contributed by atoms with E-state index < -0.39 is 0 Å². The van der Waals surface area contributed by atoms with Gasteiger partial charge < -0.3 is 14.7 Å². The summed E-state index contributed by atoms with van der Waals surface area (Å²) in [4.78, 5) is 5.40. The first-order chi connectivity index (χ1) is 10.3. The van der Waals surface area contributed by atoms with Gasteiger partial charge in [0.05, 0.1) is 26.1 Å². The lowest BCUT2D eigenvalue weighted by molar-refractivity contribution is 0.321. The third-order valence-electron chi connectivity index (χ3n) is 3.14. The second-order valence-electron chi connectivity index (χ2n) is 4.21. The molecule has 0 spiro atoms. The van der Waals surface area contributed by atoms with Crippen molar-refractivity contribution in [3.05, 3.63) is 35.5 Å². The number of benzene rings is 1. The largest absolute Gasteiger partial charge is 0.497 e. The fourth-order valence-electron chi connectivity index (χ4n) is 2.18. The molecule has 0 atom stereocenters. The molecule has 0 bridgehead atoms. The van der Waals surface area contributed by atoms with Crippen LogP contribution in [0.4, 0.5) is 0 Å². The van der Waals surface area contributed by atoms with Gasteiger partial charge in [0.1, 0.15) is 17.2 Å². The second-order valence-corrected chi connectivity index (χ2v) is 5.09. The van der Waals surface area contributed by atoms with Crippen molar-refractivity contribution in [1.82, 2.24) is 9.38 Å². The number of rotatable bonds is 4. The van der Waals surface area contributed by atoms with E-state index >= 15 is 0 Å². The number of thiazole rings is 1. The summed E-state index contributed by atoms with van der Waals surface area (Å²) in [7, 11) is 3.21. The monoisotopic (exact) mass is 303 g/mol. The summed E-state index contributed by atoms with van der Waals surface area (Å²) in [5.74, 6) is 1.38. The van der Waals surface area contributed by atoms with Gasteiger partial charge in [-0.2, -0.15) is 0 Å². The number of oxime groups is 1. The van der Waals surface area contributed by atoms with Crippen molar-refractivity contribution in [2.45, 2.75) is 0 Å². The maximum atomic E-state index is 8.91. The molecule has 0 radical (unpaired) electrons. The lowest BCUT2D eigenvalue weighted by atomic mass is 10.1. The van der Waals surface area contributed by atoms with Gasteiger partial charge in [-0.25, -0.2) is 4.98 Å². The van der Waals surface area contributed by atoms with Gasteiger partial charge in [0.25, 0.3) is 0 Å². The Hall–Kier alpha value is -2.54. The second kappa shape index (κ2) is 5.45. The standard InChI is InChI=1S/C14H13N3O3S/c1-19-9-3-4-12(20-2)10(7-9)13-11(8-15-18)17-5-6-21-14(17)16-13/h3-8,18H,1-2H3/b15-8+. The lowest BCUT2D eigenvalue weighted by Gasteiger charge is -2.09. The van der Waals surface area contributed by atoms with Gasteiger partial charge in [0.15, 0.2) is 4.96 Å². The summed E-state index contributed by atoms with van der Waals surface area (Å²) in [5, 5.41) is 14.0. The molecule has 0 fully saturated rings. The topological polar surface area (TPSA) is 68.4 Å². The van der Waals surface area contributed by atoms with Crippen LogP contribution in [-0.4, -0.2) is 35.0 Å². The number of ether oxygens (including phenoxy) is 2. The minimum absolute atomic E-state index is 0.675. The summed E-state index contributed by atoms with van der Waals surface area (Å²) in [6.07, 6.45) is 3.24. The Labute approximate surface area is 124 Å². The van der Waals surface area contributed by atoms with Crippen LogP contribution in [0.15, 0.2) is 34.9 Å². The molecule has 6 nitrogen and oxygen atoms in total. The van der Waals surface area contributed by atoms with Gasteiger partial charge in [-0.3, -0.25) is 4.40 Å². The number of hydrogen-bond donors (Lipinski definition) is 1. The molecule has 1 N–H and O–H groups in total. The Morgan fingerprint density at radius 2 is 2.19 bits per heavy atom. The number of fused-ring (bicyclic) bond motifs is 1. The van der Waals surface area contributed by atoms with Crippen molar-refractivity contribution < 1.29 is 14.7 Å². The highest BCUT2D eigenvalue weighted by molar-refractivity contribution is 7.15. The van der Waals surface area contributed by atoms with Crippen LogP contribution in [-0.2, 0) is 0 Å². The lowest BCUT2D eigenvalue weighted by Crippen LogP contribution is -1.95. The van der Waals surface area contributed by atoms with E-state index in [0.717, 1.165) is 10.5 Å². The van der Waals surface area contributed by atoms with E-state index in [1.54, 1.807) is 14.2 Å². The number of hydrogen-bond acceptors (Lipinski definition) is 6. The van der Waals surface area contributed by atoms with Gasteiger partial charge in [0, 0.05) is 17.1 Å². The van der Waals surface area contributed by atoms with Crippen LogP contribution in [0.5, 0.6) is 11.5 Å². The molecule has 0 unspecified atom stereocenters. The van der Waals surface area contributed by atoms with Crippen LogP contribution in [0.25, 0.3) is 16.2 Å². The Kier molecular flexibility index (Phi) is 3.49. The van der Waals surface area contributed by atoms with Gasteiger partial charge in [0.2, 0.25) is 0 Å². The Morgan fingerprint density at radius 1 is 1.33 bits per heavy atom. The van der Waals surface area contributed by atoms with E-state index in [4.69, 9.17) is 14.7 Å². The summed E-state index contributed by atoms with van der Waals surface area (Å²) < 4.78 is 12.5. The molecule has 1 aromatic carbocycles. The highest BCUT2D eigenvalue weighted by atomic mass is 32.1. The van der Waals surface area contributed by atoms with Crippen molar-refractivity contribution >= 4 is 22.5 Å². The molecule has 0 amide bonds. The van der Waals surface area contributed by atoms with E-state index in [0.29, 0.717) is 22.9 Å². The number of imidazole rings is 1. The van der Waals surface area contributed by atoms with Gasteiger partial charge >= 0.3 is 0 Å².